The monoisotopic (exact) mass is 278 g/mol. The van der Waals surface area contributed by atoms with Crippen molar-refractivity contribution in [3.63, 3.8) is 0 Å². The van der Waals surface area contributed by atoms with Crippen LogP contribution in [0.25, 0.3) is 0 Å². The van der Waals surface area contributed by atoms with Crippen molar-refractivity contribution in [2.45, 2.75) is 32.2 Å². The Kier molecular flexibility index (Phi) is 5.09. The van der Waals surface area contributed by atoms with Gasteiger partial charge in [0.1, 0.15) is 6.04 Å². The van der Waals surface area contributed by atoms with Crippen LogP contribution in [0.5, 0.6) is 0 Å². The van der Waals surface area contributed by atoms with Crippen molar-refractivity contribution in [3.05, 3.63) is 0 Å². The average molecular weight is 278 g/mol. The predicted molar refractivity (Wildman–Crippen MR) is 64.5 cm³/mol. The summed E-state index contributed by atoms with van der Waals surface area (Å²) in [7, 11) is -3.56. The molecular weight excluding hydrogens is 260 g/mol. The van der Waals surface area contributed by atoms with E-state index in [1.54, 1.807) is 6.92 Å². The zero-order valence-electron chi connectivity index (χ0n) is 10.3. The number of carboxylic acid groups (broad SMARTS) is 1. The van der Waals surface area contributed by atoms with Crippen molar-refractivity contribution >= 4 is 21.9 Å². The highest BCUT2D eigenvalue weighted by Gasteiger charge is 2.35. The van der Waals surface area contributed by atoms with Crippen LogP contribution in [0.15, 0.2) is 0 Å². The number of nitrogens with zero attached hydrogens (tertiary/aromatic N) is 1. The van der Waals surface area contributed by atoms with Gasteiger partial charge in [0, 0.05) is 19.5 Å². The van der Waals surface area contributed by atoms with Crippen molar-refractivity contribution in [3.8, 4) is 0 Å². The van der Waals surface area contributed by atoms with Crippen molar-refractivity contribution in [2.24, 2.45) is 0 Å². The Morgan fingerprint density at radius 1 is 1.56 bits per heavy atom. The number of carbonyl (C=O) groups is 2. The molecule has 0 spiro atoms. The molecule has 1 fully saturated rings. The summed E-state index contributed by atoms with van der Waals surface area (Å²) in [5.74, 6) is -1.54. The van der Waals surface area contributed by atoms with Crippen LogP contribution in [0, 0.1) is 0 Å². The Balaban J connectivity index is 2.70. The molecule has 1 aliphatic heterocycles. The lowest BCUT2D eigenvalue weighted by atomic mass is 10.2. The topological polar surface area (TPSA) is 104 Å². The molecule has 0 radical (unpaired) electrons. The molecule has 0 aromatic heterocycles. The zero-order valence-corrected chi connectivity index (χ0v) is 11.1. The summed E-state index contributed by atoms with van der Waals surface area (Å²) >= 11 is 0. The molecular formula is C10H18N2O5S. The maximum Gasteiger partial charge on any atom is 0.303 e. The quantitative estimate of drug-likeness (QED) is 0.674. The van der Waals surface area contributed by atoms with Gasteiger partial charge in [-0.05, 0) is 12.8 Å². The Bertz CT molecular complexity index is 420. The summed E-state index contributed by atoms with van der Waals surface area (Å²) in [6.45, 7) is 2.29. The molecule has 1 unspecified atom stereocenters. The van der Waals surface area contributed by atoms with Crippen molar-refractivity contribution in [1.82, 2.24) is 9.62 Å². The van der Waals surface area contributed by atoms with Gasteiger partial charge in [-0.3, -0.25) is 9.59 Å². The number of rotatable bonds is 6. The number of amides is 1. The summed E-state index contributed by atoms with van der Waals surface area (Å²) in [6, 6.07) is -0.673. The molecule has 7 nitrogen and oxygen atoms in total. The third-order valence-electron chi connectivity index (χ3n) is 2.82. The van der Waals surface area contributed by atoms with Gasteiger partial charge < -0.3 is 10.4 Å². The highest BCUT2D eigenvalue weighted by molar-refractivity contribution is 7.89. The minimum Gasteiger partial charge on any atom is -0.481 e. The Morgan fingerprint density at radius 2 is 2.22 bits per heavy atom. The molecule has 0 aromatic carbocycles. The zero-order chi connectivity index (χ0) is 13.8. The number of sulfonamides is 1. The van der Waals surface area contributed by atoms with Gasteiger partial charge in [0.05, 0.1) is 5.75 Å². The number of carbonyl (C=O) groups excluding carboxylic acids is 1. The highest BCUT2D eigenvalue weighted by atomic mass is 32.2. The Morgan fingerprint density at radius 3 is 2.78 bits per heavy atom. The molecule has 8 heteroatoms. The van der Waals surface area contributed by atoms with E-state index >= 15 is 0 Å². The largest absolute Gasteiger partial charge is 0.481 e. The molecule has 1 rings (SSSR count). The van der Waals surface area contributed by atoms with E-state index in [2.05, 4.69) is 5.32 Å². The van der Waals surface area contributed by atoms with Gasteiger partial charge >= 0.3 is 5.97 Å². The first kappa shape index (κ1) is 14.9. The van der Waals surface area contributed by atoms with E-state index in [0.29, 0.717) is 13.0 Å². The second-order valence-electron chi connectivity index (χ2n) is 4.14. The number of hydrogen-bond acceptors (Lipinski definition) is 4. The summed E-state index contributed by atoms with van der Waals surface area (Å²) in [6.07, 6.45) is 0.284. The molecule has 104 valence electrons. The number of aliphatic carboxylic acids is 1. The third-order valence-corrected chi connectivity index (χ3v) is 4.77. The fourth-order valence-electron chi connectivity index (χ4n) is 1.94. The summed E-state index contributed by atoms with van der Waals surface area (Å²) in [5, 5.41) is 11.1. The molecule has 0 aliphatic carbocycles. The van der Waals surface area contributed by atoms with Crippen LogP contribution >= 0.6 is 0 Å². The SMILES string of the molecule is CCC1C(=O)NCCN1S(=O)(=O)CCCC(=O)O. The van der Waals surface area contributed by atoms with E-state index in [-0.39, 0.29) is 31.0 Å². The lowest BCUT2D eigenvalue weighted by Crippen LogP contribution is -2.57. The number of nitrogens with one attached hydrogen (secondary N) is 1. The van der Waals surface area contributed by atoms with Crippen LogP contribution in [0.2, 0.25) is 0 Å². The lowest BCUT2D eigenvalue weighted by molar-refractivity contribution is -0.137. The summed E-state index contributed by atoms with van der Waals surface area (Å²) in [5.41, 5.74) is 0. The smallest absolute Gasteiger partial charge is 0.303 e. The van der Waals surface area contributed by atoms with Crippen LogP contribution in [-0.2, 0) is 19.6 Å². The highest BCUT2D eigenvalue weighted by Crippen LogP contribution is 2.15. The van der Waals surface area contributed by atoms with Crippen molar-refractivity contribution < 1.29 is 23.1 Å². The van der Waals surface area contributed by atoms with Gasteiger partial charge in [-0.25, -0.2) is 8.42 Å². The molecule has 1 amide bonds. The predicted octanol–water partition coefficient (Wildman–Crippen LogP) is -0.609. The van der Waals surface area contributed by atoms with Crippen molar-refractivity contribution in [1.29, 1.82) is 0 Å². The Labute approximate surface area is 106 Å². The molecule has 1 aliphatic rings. The second-order valence-corrected chi connectivity index (χ2v) is 6.18. The number of carboxylic acids is 1. The van der Waals surface area contributed by atoms with E-state index in [1.807, 2.05) is 0 Å². The second kappa shape index (κ2) is 6.14. The van der Waals surface area contributed by atoms with Gasteiger partial charge in [0.15, 0.2) is 0 Å². The van der Waals surface area contributed by atoms with Crippen LogP contribution in [0.3, 0.4) is 0 Å². The van der Waals surface area contributed by atoms with E-state index in [1.165, 1.54) is 4.31 Å². The summed E-state index contributed by atoms with van der Waals surface area (Å²) in [4.78, 5) is 21.9. The maximum absolute atomic E-state index is 12.0. The minimum absolute atomic E-state index is 0.0617. The Hall–Kier alpha value is -1.15. The van der Waals surface area contributed by atoms with E-state index in [9.17, 15) is 18.0 Å². The van der Waals surface area contributed by atoms with Crippen LogP contribution in [0.4, 0.5) is 0 Å². The van der Waals surface area contributed by atoms with Gasteiger partial charge in [-0.15, -0.1) is 0 Å². The first-order valence-corrected chi connectivity index (χ1v) is 7.48. The van der Waals surface area contributed by atoms with E-state index in [4.69, 9.17) is 5.11 Å². The molecule has 1 heterocycles. The fraction of sp³-hybridized carbons (Fsp3) is 0.800. The van der Waals surface area contributed by atoms with Crippen LogP contribution in [0.1, 0.15) is 26.2 Å². The molecule has 0 aromatic rings. The molecule has 1 atom stereocenters. The molecule has 0 saturated carbocycles. The van der Waals surface area contributed by atoms with Crippen LogP contribution < -0.4 is 5.32 Å². The maximum atomic E-state index is 12.0. The first-order chi connectivity index (χ1) is 8.38. The average Bonchev–Trinajstić information content (AvgIpc) is 2.27. The lowest BCUT2D eigenvalue weighted by Gasteiger charge is -2.33. The minimum atomic E-state index is -3.56. The standard InChI is InChI=1S/C10H18N2O5S/c1-2-8-10(15)11-5-6-12(8)18(16,17)7-3-4-9(13)14/h8H,2-7H2,1H3,(H,11,15)(H,13,14). The summed E-state index contributed by atoms with van der Waals surface area (Å²) < 4.78 is 25.3. The first-order valence-electron chi connectivity index (χ1n) is 5.87. The van der Waals surface area contributed by atoms with Crippen molar-refractivity contribution in [2.75, 3.05) is 18.8 Å². The molecule has 18 heavy (non-hydrogen) atoms. The van der Waals surface area contributed by atoms with E-state index < -0.39 is 22.0 Å². The normalized spacial score (nSPS) is 21.6. The fourth-order valence-corrected chi connectivity index (χ4v) is 3.68. The number of piperazine rings is 1. The van der Waals surface area contributed by atoms with Gasteiger partial charge in [-0.1, -0.05) is 6.92 Å². The number of hydrogen-bond donors (Lipinski definition) is 2. The molecule has 2 N–H and O–H groups in total. The third kappa shape index (κ3) is 3.67. The van der Waals surface area contributed by atoms with Gasteiger partial charge in [0.25, 0.3) is 0 Å². The van der Waals surface area contributed by atoms with Gasteiger partial charge in [0.2, 0.25) is 15.9 Å². The van der Waals surface area contributed by atoms with Gasteiger partial charge in [-0.2, -0.15) is 4.31 Å². The van der Waals surface area contributed by atoms with E-state index in [0.717, 1.165) is 0 Å². The van der Waals surface area contributed by atoms with Crippen LogP contribution in [-0.4, -0.2) is 54.6 Å². The molecule has 1 saturated heterocycles. The molecule has 0 bridgehead atoms.